The smallest absolute Gasteiger partial charge is 0.221 e. The molecule has 0 saturated carbocycles. The zero-order valence-electron chi connectivity index (χ0n) is 22.6. The van der Waals surface area contributed by atoms with E-state index in [9.17, 15) is 9.90 Å². The zero-order chi connectivity index (χ0) is 27.9. The Hall–Kier alpha value is -3.37. The number of ether oxygens (including phenoxy) is 4. The maximum atomic E-state index is 12.7. The van der Waals surface area contributed by atoms with Gasteiger partial charge in [-0.3, -0.25) is 4.79 Å². The molecule has 4 aromatic carbocycles. The molecule has 5 atom stereocenters. The number of fused-ring (bicyclic) bond motifs is 2. The van der Waals surface area contributed by atoms with Crippen LogP contribution < -0.4 is 11.1 Å². The second-order valence-corrected chi connectivity index (χ2v) is 10.1. The molecule has 1 fully saturated rings. The molecule has 0 radical (unpaired) electrons. The summed E-state index contributed by atoms with van der Waals surface area (Å²) in [7, 11) is 1.54. The highest BCUT2D eigenvalue weighted by Gasteiger charge is 2.47. The number of carbonyl (C=O) groups excluding carboxylic acids is 1. The Bertz CT molecular complexity index is 1430. The summed E-state index contributed by atoms with van der Waals surface area (Å²) in [5, 5.41) is 18.7. The van der Waals surface area contributed by atoms with Gasteiger partial charge in [-0.15, -0.1) is 0 Å². The lowest BCUT2D eigenvalue weighted by Crippen LogP contribution is -2.65. The van der Waals surface area contributed by atoms with E-state index in [1.54, 1.807) is 7.11 Å². The molecule has 4 aromatic rings. The lowest BCUT2D eigenvalue weighted by molar-refractivity contribution is -0.282. The van der Waals surface area contributed by atoms with Crippen molar-refractivity contribution in [1.29, 1.82) is 0 Å². The number of nitrogens with one attached hydrogen (secondary N) is 1. The monoisotopic (exact) mass is 544 g/mol. The summed E-state index contributed by atoms with van der Waals surface area (Å²) < 4.78 is 24.1. The summed E-state index contributed by atoms with van der Waals surface area (Å²) in [5.74, 6) is -0.271. The molecule has 40 heavy (non-hydrogen) atoms. The van der Waals surface area contributed by atoms with Gasteiger partial charge in [0.2, 0.25) is 5.91 Å². The molecule has 8 nitrogen and oxygen atoms in total. The third-order valence-corrected chi connectivity index (χ3v) is 7.19. The standard InChI is InChI=1S/C32H36N2O6/c1-37-20-27-30(36)31(38-18-21-10-12-23-6-2-4-8-25(23)16-21)29(34-28(35)14-15-33)32(40-27)39-19-22-11-13-24-7-3-5-9-26(24)17-22/h2-13,16-17,27,29-32,36H,14-15,18-20,33H2,1H3,(H,34,35)/t27-,29-,30-,31-,32-/m1/s1. The Morgan fingerprint density at radius 3 is 2.02 bits per heavy atom. The van der Waals surface area contributed by atoms with Crippen LogP contribution in [0.1, 0.15) is 17.5 Å². The van der Waals surface area contributed by atoms with Gasteiger partial charge in [0.05, 0.1) is 19.8 Å². The molecule has 1 saturated heterocycles. The summed E-state index contributed by atoms with van der Waals surface area (Å²) in [5.41, 5.74) is 7.53. The second-order valence-electron chi connectivity index (χ2n) is 10.1. The van der Waals surface area contributed by atoms with Gasteiger partial charge in [0.15, 0.2) is 6.29 Å². The Morgan fingerprint density at radius 2 is 1.45 bits per heavy atom. The van der Waals surface area contributed by atoms with Crippen LogP contribution in [0, 0.1) is 0 Å². The van der Waals surface area contributed by atoms with Gasteiger partial charge in [0.25, 0.3) is 0 Å². The number of nitrogens with two attached hydrogens (primary N) is 1. The number of benzene rings is 4. The average molecular weight is 545 g/mol. The van der Waals surface area contributed by atoms with Crippen molar-refractivity contribution in [2.75, 3.05) is 20.3 Å². The quantitative estimate of drug-likeness (QED) is 0.264. The van der Waals surface area contributed by atoms with E-state index in [0.29, 0.717) is 0 Å². The first-order valence-corrected chi connectivity index (χ1v) is 13.6. The summed E-state index contributed by atoms with van der Waals surface area (Å²) in [6, 6.07) is 27.6. The van der Waals surface area contributed by atoms with E-state index >= 15 is 0 Å². The number of carbonyl (C=O) groups is 1. The second kappa shape index (κ2) is 13.3. The number of aliphatic hydroxyl groups excluding tert-OH is 1. The van der Waals surface area contributed by atoms with Gasteiger partial charge >= 0.3 is 0 Å². The fraction of sp³-hybridized carbons (Fsp3) is 0.344. The molecule has 1 aliphatic rings. The van der Waals surface area contributed by atoms with E-state index in [-0.39, 0.29) is 38.7 Å². The van der Waals surface area contributed by atoms with Gasteiger partial charge in [-0.25, -0.2) is 0 Å². The van der Waals surface area contributed by atoms with Gasteiger partial charge in [-0.2, -0.15) is 0 Å². The third-order valence-electron chi connectivity index (χ3n) is 7.19. The average Bonchev–Trinajstić information content (AvgIpc) is 2.97. The Morgan fingerprint density at radius 1 is 0.875 bits per heavy atom. The molecule has 0 aromatic heterocycles. The van der Waals surface area contributed by atoms with Crippen molar-refractivity contribution in [2.24, 2.45) is 5.73 Å². The highest BCUT2D eigenvalue weighted by atomic mass is 16.7. The minimum absolute atomic E-state index is 0.128. The molecule has 0 spiro atoms. The molecule has 8 heteroatoms. The summed E-state index contributed by atoms with van der Waals surface area (Å²) >= 11 is 0. The zero-order valence-corrected chi connectivity index (χ0v) is 22.6. The topological polar surface area (TPSA) is 112 Å². The van der Waals surface area contributed by atoms with Crippen LogP contribution in [0.2, 0.25) is 0 Å². The number of hydrogen-bond donors (Lipinski definition) is 3. The van der Waals surface area contributed by atoms with Gasteiger partial charge in [0.1, 0.15) is 24.4 Å². The van der Waals surface area contributed by atoms with Crippen molar-refractivity contribution in [3.8, 4) is 0 Å². The highest BCUT2D eigenvalue weighted by molar-refractivity contribution is 5.83. The van der Waals surface area contributed by atoms with Crippen molar-refractivity contribution in [3.05, 3.63) is 96.1 Å². The first-order valence-electron chi connectivity index (χ1n) is 13.6. The minimum Gasteiger partial charge on any atom is -0.388 e. The van der Waals surface area contributed by atoms with Gasteiger partial charge in [0, 0.05) is 20.1 Å². The number of hydrogen-bond acceptors (Lipinski definition) is 7. The molecule has 4 N–H and O–H groups in total. The van der Waals surface area contributed by atoms with Gasteiger partial charge in [-0.1, -0.05) is 72.8 Å². The van der Waals surface area contributed by atoms with Crippen LogP contribution in [0.25, 0.3) is 21.5 Å². The van der Waals surface area contributed by atoms with Crippen LogP contribution in [-0.4, -0.2) is 61.9 Å². The van der Waals surface area contributed by atoms with Crippen LogP contribution in [0.4, 0.5) is 0 Å². The fourth-order valence-electron chi connectivity index (χ4n) is 5.13. The number of amides is 1. The van der Waals surface area contributed by atoms with E-state index in [1.807, 2.05) is 60.7 Å². The molecule has 5 rings (SSSR count). The van der Waals surface area contributed by atoms with Crippen LogP contribution in [0.5, 0.6) is 0 Å². The molecule has 0 aliphatic carbocycles. The predicted molar refractivity (Wildman–Crippen MR) is 153 cm³/mol. The molecule has 0 unspecified atom stereocenters. The highest BCUT2D eigenvalue weighted by Crippen LogP contribution is 2.28. The van der Waals surface area contributed by atoms with Crippen molar-refractivity contribution in [3.63, 3.8) is 0 Å². The normalized spacial score (nSPS) is 22.9. The Kier molecular flexibility index (Phi) is 9.38. The van der Waals surface area contributed by atoms with Gasteiger partial charge in [-0.05, 0) is 44.8 Å². The SMILES string of the molecule is COC[C@H]1O[C@@H](OCc2ccc3ccccc3c2)[C@H](NC(=O)CCN)[C@@H](OCc2ccc3ccccc3c2)[C@@H]1O. The first kappa shape index (κ1) is 28.2. The summed E-state index contributed by atoms with van der Waals surface area (Å²) in [6.07, 6.45) is -3.36. The largest absolute Gasteiger partial charge is 0.388 e. The summed E-state index contributed by atoms with van der Waals surface area (Å²) in [4.78, 5) is 12.7. The summed E-state index contributed by atoms with van der Waals surface area (Å²) in [6.45, 7) is 0.800. The number of aliphatic hydroxyl groups is 1. The maximum Gasteiger partial charge on any atom is 0.221 e. The molecule has 1 heterocycles. The fourth-order valence-corrected chi connectivity index (χ4v) is 5.13. The molecule has 210 valence electrons. The van der Waals surface area contributed by atoms with E-state index in [2.05, 4.69) is 29.6 Å². The minimum atomic E-state index is -1.07. The van der Waals surface area contributed by atoms with Gasteiger partial charge < -0.3 is 35.1 Å². The Balaban J connectivity index is 1.37. The van der Waals surface area contributed by atoms with E-state index < -0.39 is 30.6 Å². The van der Waals surface area contributed by atoms with Crippen LogP contribution in [0.3, 0.4) is 0 Å². The molecular formula is C32H36N2O6. The van der Waals surface area contributed by atoms with Crippen molar-refractivity contribution in [2.45, 2.75) is 50.3 Å². The Labute approximate surface area is 234 Å². The molecular weight excluding hydrogens is 508 g/mol. The lowest BCUT2D eigenvalue weighted by Gasteiger charge is -2.44. The van der Waals surface area contributed by atoms with E-state index in [1.165, 1.54) is 0 Å². The van der Waals surface area contributed by atoms with Crippen LogP contribution in [-0.2, 0) is 37.0 Å². The number of methoxy groups -OCH3 is 1. The first-order chi connectivity index (χ1) is 19.6. The van der Waals surface area contributed by atoms with E-state index in [4.69, 9.17) is 24.7 Å². The maximum absolute atomic E-state index is 12.7. The molecule has 1 amide bonds. The van der Waals surface area contributed by atoms with Crippen LogP contribution >= 0.6 is 0 Å². The molecule has 0 bridgehead atoms. The van der Waals surface area contributed by atoms with Crippen molar-refractivity contribution in [1.82, 2.24) is 5.32 Å². The lowest BCUT2D eigenvalue weighted by atomic mass is 9.96. The van der Waals surface area contributed by atoms with Crippen LogP contribution in [0.15, 0.2) is 84.9 Å². The molecule has 1 aliphatic heterocycles. The van der Waals surface area contributed by atoms with Crippen molar-refractivity contribution >= 4 is 27.5 Å². The van der Waals surface area contributed by atoms with Crippen molar-refractivity contribution < 1.29 is 28.8 Å². The number of rotatable bonds is 11. The predicted octanol–water partition coefficient (Wildman–Crippen LogP) is 3.66. The van der Waals surface area contributed by atoms with E-state index in [0.717, 1.165) is 32.7 Å². The third kappa shape index (κ3) is 6.67.